The van der Waals surface area contributed by atoms with E-state index in [1.54, 1.807) is 0 Å². The molecule has 1 fully saturated rings. The Kier molecular flexibility index (Phi) is 4.09. The highest BCUT2D eigenvalue weighted by Gasteiger charge is 2.30. The first-order valence-electron chi connectivity index (χ1n) is 5.94. The van der Waals surface area contributed by atoms with E-state index >= 15 is 0 Å². The molecule has 0 saturated carbocycles. The number of aliphatic imine (C=N–C) groups is 1. The number of rotatable bonds is 4. The van der Waals surface area contributed by atoms with Gasteiger partial charge in [0.15, 0.2) is 0 Å². The van der Waals surface area contributed by atoms with Gasteiger partial charge in [-0.15, -0.1) is 0 Å². The largest absolute Gasteiger partial charge is 0.507 e. The van der Waals surface area contributed by atoms with Crippen molar-refractivity contribution in [1.82, 2.24) is 0 Å². The molecule has 1 aliphatic heterocycles. The predicted octanol–water partition coefficient (Wildman–Crippen LogP) is 2.87. The highest BCUT2D eigenvalue weighted by molar-refractivity contribution is 5.83. The van der Waals surface area contributed by atoms with Crippen LogP contribution in [0.25, 0.3) is 0 Å². The van der Waals surface area contributed by atoms with Gasteiger partial charge in [0, 0.05) is 24.2 Å². The quantitative estimate of drug-likeness (QED) is 0.857. The smallest absolute Gasteiger partial charge is 0.416 e. The molecule has 0 aliphatic carbocycles. The van der Waals surface area contributed by atoms with Crippen LogP contribution in [-0.4, -0.2) is 31.1 Å². The molecule has 0 spiro atoms. The predicted molar refractivity (Wildman–Crippen MR) is 64.5 cm³/mol. The molecule has 1 aromatic carbocycles. The first kappa shape index (κ1) is 13.9. The molecule has 0 amide bonds. The van der Waals surface area contributed by atoms with Crippen molar-refractivity contribution >= 4 is 6.21 Å². The number of benzene rings is 1. The number of nitrogens with zero attached hydrogens (tertiary/aromatic N) is 1. The van der Waals surface area contributed by atoms with Crippen molar-refractivity contribution in [1.29, 1.82) is 0 Å². The Labute approximate surface area is 108 Å². The lowest BCUT2D eigenvalue weighted by Gasteiger charge is -2.24. The number of ether oxygens (including phenoxy) is 1. The van der Waals surface area contributed by atoms with E-state index in [4.69, 9.17) is 4.74 Å². The third-order valence-electron chi connectivity index (χ3n) is 2.96. The summed E-state index contributed by atoms with van der Waals surface area (Å²) < 4.78 is 42.2. The van der Waals surface area contributed by atoms with Crippen LogP contribution in [0.2, 0.25) is 0 Å². The molecule has 6 heteroatoms. The minimum Gasteiger partial charge on any atom is -0.507 e. The Bertz CT molecular complexity index is 467. The standard InChI is InChI=1S/C13H14F3NO2/c14-13(15,16)11-2-1-10(12(18)5-11)6-17-4-3-9-7-19-8-9/h1-2,5-6,9,18H,3-4,7-8H2/b17-6+. The van der Waals surface area contributed by atoms with Crippen LogP contribution in [0.3, 0.4) is 0 Å². The normalized spacial score (nSPS) is 16.8. The molecule has 19 heavy (non-hydrogen) atoms. The fraction of sp³-hybridized carbons (Fsp3) is 0.462. The summed E-state index contributed by atoms with van der Waals surface area (Å²) in [6, 6.07) is 2.86. The van der Waals surface area contributed by atoms with Crippen LogP contribution >= 0.6 is 0 Å². The van der Waals surface area contributed by atoms with Crippen molar-refractivity contribution in [2.75, 3.05) is 19.8 Å². The fourth-order valence-electron chi connectivity index (χ4n) is 1.70. The van der Waals surface area contributed by atoms with E-state index < -0.39 is 17.5 Å². The summed E-state index contributed by atoms with van der Waals surface area (Å²) >= 11 is 0. The van der Waals surface area contributed by atoms with E-state index in [0.29, 0.717) is 18.5 Å². The molecule has 2 rings (SSSR count). The molecule has 1 saturated heterocycles. The summed E-state index contributed by atoms with van der Waals surface area (Å²) in [5.41, 5.74) is -0.577. The second-order valence-electron chi connectivity index (χ2n) is 4.50. The average molecular weight is 273 g/mol. The van der Waals surface area contributed by atoms with Gasteiger partial charge in [-0.05, 0) is 24.6 Å². The van der Waals surface area contributed by atoms with Gasteiger partial charge in [0.2, 0.25) is 0 Å². The summed E-state index contributed by atoms with van der Waals surface area (Å²) in [5.74, 6) is 0.115. The Hall–Kier alpha value is -1.56. The fourth-order valence-corrected chi connectivity index (χ4v) is 1.70. The minimum absolute atomic E-state index is 0.290. The molecular weight excluding hydrogens is 259 g/mol. The lowest BCUT2D eigenvalue weighted by atomic mass is 10.0. The number of phenols is 1. The number of alkyl halides is 3. The number of hydrogen-bond acceptors (Lipinski definition) is 3. The van der Waals surface area contributed by atoms with Crippen molar-refractivity contribution in [3.05, 3.63) is 29.3 Å². The Morgan fingerprint density at radius 3 is 2.63 bits per heavy atom. The molecule has 1 aliphatic rings. The van der Waals surface area contributed by atoms with Gasteiger partial charge in [-0.3, -0.25) is 4.99 Å². The molecule has 0 aromatic heterocycles. The van der Waals surface area contributed by atoms with Gasteiger partial charge < -0.3 is 9.84 Å². The number of hydrogen-bond donors (Lipinski definition) is 1. The van der Waals surface area contributed by atoms with Gasteiger partial charge in [0.1, 0.15) is 5.75 Å². The van der Waals surface area contributed by atoms with Gasteiger partial charge in [-0.1, -0.05) is 0 Å². The molecule has 0 radical (unpaired) electrons. The van der Waals surface area contributed by atoms with Crippen LogP contribution in [0.1, 0.15) is 17.5 Å². The summed E-state index contributed by atoms with van der Waals surface area (Å²) in [6.07, 6.45) is -2.16. The molecule has 1 heterocycles. The van der Waals surface area contributed by atoms with Crippen molar-refractivity contribution in [2.45, 2.75) is 12.6 Å². The maximum absolute atomic E-state index is 12.4. The maximum atomic E-state index is 12.4. The molecule has 3 nitrogen and oxygen atoms in total. The SMILES string of the molecule is Oc1cc(C(F)(F)F)ccc1/C=N/CCC1COC1. The van der Waals surface area contributed by atoms with Crippen LogP contribution in [0.4, 0.5) is 13.2 Å². The highest BCUT2D eigenvalue weighted by atomic mass is 19.4. The zero-order valence-electron chi connectivity index (χ0n) is 10.2. The van der Waals surface area contributed by atoms with Crippen LogP contribution in [0, 0.1) is 5.92 Å². The average Bonchev–Trinajstić information content (AvgIpc) is 2.26. The van der Waals surface area contributed by atoms with E-state index in [9.17, 15) is 18.3 Å². The van der Waals surface area contributed by atoms with Crippen molar-refractivity contribution in [3.8, 4) is 5.75 Å². The van der Waals surface area contributed by atoms with E-state index in [1.165, 1.54) is 12.3 Å². The van der Waals surface area contributed by atoms with Gasteiger partial charge in [-0.25, -0.2) is 0 Å². The number of halogens is 3. The molecule has 0 unspecified atom stereocenters. The lowest BCUT2D eigenvalue weighted by Crippen LogP contribution is -2.27. The van der Waals surface area contributed by atoms with Gasteiger partial charge in [0.25, 0.3) is 0 Å². The van der Waals surface area contributed by atoms with E-state index in [0.717, 1.165) is 25.7 Å². The zero-order valence-corrected chi connectivity index (χ0v) is 10.2. The van der Waals surface area contributed by atoms with Crippen LogP contribution < -0.4 is 0 Å². The van der Waals surface area contributed by atoms with Gasteiger partial charge in [0.05, 0.1) is 18.8 Å². The minimum atomic E-state index is -4.45. The maximum Gasteiger partial charge on any atom is 0.416 e. The van der Waals surface area contributed by atoms with Crippen LogP contribution in [-0.2, 0) is 10.9 Å². The third-order valence-corrected chi connectivity index (χ3v) is 2.96. The van der Waals surface area contributed by atoms with Crippen molar-refractivity contribution < 1.29 is 23.0 Å². The second-order valence-corrected chi connectivity index (χ2v) is 4.50. The molecule has 0 bridgehead atoms. The lowest BCUT2D eigenvalue weighted by molar-refractivity contribution is -0.137. The van der Waals surface area contributed by atoms with Crippen LogP contribution in [0.15, 0.2) is 23.2 Å². The third kappa shape index (κ3) is 3.70. The second kappa shape index (κ2) is 5.61. The van der Waals surface area contributed by atoms with Crippen molar-refractivity contribution in [2.24, 2.45) is 10.9 Å². The van der Waals surface area contributed by atoms with Gasteiger partial charge >= 0.3 is 6.18 Å². The molecule has 1 aromatic rings. The Balaban J connectivity index is 1.94. The molecule has 1 N–H and O–H groups in total. The molecule has 0 atom stereocenters. The number of phenolic OH excluding ortho intramolecular Hbond substituents is 1. The molecular formula is C13H14F3NO2. The first-order chi connectivity index (χ1) is 8.97. The van der Waals surface area contributed by atoms with Crippen LogP contribution in [0.5, 0.6) is 5.75 Å². The summed E-state index contributed by atoms with van der Waals surface area (Å²) in [6.45, 7) is 2.08. The van der Waals surface area contributed by atoms with E-state index in [1.807, 2.05) is 0 Å². The zero-order chi connectivity index (χ0) is 13.9. The van der Waals surface area contributed by atoms with Crippen molar-refractivity contribution in [3.63, 3.8) is 0 Å². The summed E-state index contributed by atoms with van der Waals surface area (Å²) in [5, 5.41) is 9.51. The van der Waals surface area contributed by atoms with Gasteiger partial charge in [-0.2, -0.15) is 13.2 Å². The monoisotopic (exact) mass is 273 g/mol. The van der Waals surface area contributed by atoms with E-state index in [2.05, 4.69) is 4.99 Å². The van der Waals surface area contributed by atoms with E-state index in [-0.39, 0.29) is 5.56 Å². The Morgan fingerprint density at radius 1 is 1.37 bits per heavy atom. The Morgan fingerprint density at radius 2 is 2.11 bits per heavy atom. The molecule has 104 valence electrons. The highest BCUT2D eigenvalue weighted by Crippen LogP contribution is 2.32. The first-order valence-corrected chi connectivity index (χ1v) is 5.94. The summed E-state index contributed by atoms with van der Waals surface area (Å²) in [4.78, 5) is 4.09. The summed E-state index contributed by atoms with van der Waals surface area (Å²) in [7, 11) is 0. The number of aromatic hydroxyl groups is 1. The topological polar surface area (TPSA) is 41.8 Å².